The highest BCUT2D eigenvalue weighted by Gasteiger charge is 2.05. The highest BCUT2D eigenvalue weighted by atomic mass is 16.3. The van der Waals surface area contributed by atoms with Crippen molar-refractivity contribution in [3.63, 3.8) is 0 Å². The minimum Gasteiger partial charge on any atom is -0.381 e. The summed E-state index contributed by atoms with van der Waals surface area (Å²) in [5.74, 6) is 0. The van der Waals surface area contributed by atoms with Crippen molar-refractivity contribution in [2.24, 2.45) is 0 Å². The zero-order chi connectivity index (χ0) is 11.0. The molecular formula is C10H19N3O. The minimum atomic E-state index is -0.593. The zero-order valence-corrected chi connectivity index (χ0v) is 9.12. The SMILES string of the molecule is C/C=C(\CC[C@H](O)NCC#N)N(C)C. The number of rotatable bonds is 6. The maximum Gasteiger partial charge on any atom is 0.106 e. The fraction of sp³-hybridized carbons (Fsp3) is 0.700. The van der Waals surface area contributed by atoms with Crippen LogP contribution in [0.15, 0.2) is 11.8 Å². The van der Waals surface area contributed by atoms with Crippen LogP contribution in [-0.4, -0.2) is 36.9 Å². The third-order valence-corrected chi connectivity index (χ3v) is 2.00. The topological polar surface area (TPSA) is 59.3 Å². The van der Waals surface area contributed by atoms with Gasteiger partial charge in [-0.1, -0.05) is 6.08 Å². The molecule has 4 nitrogen and oxygen atoms in total. The van der Waals surface area contributed by atoms with Gasteiger partial charge in [-0.25, -0.2) is 0 Å². The molecule has 1 atom stereocenters. The molecule has 0 heterocycles. The summed E-state index contributed by atoms with van der Waals surface area (Å²) < 4.78 is 0. The third-order valence-electron chi connectivity index (χ3n) is 2.00. The quantitative estimate of drug-likeness (QED) is 0.485. The molecule has 14 heavy (non-hydrogen) atoms. The molecular weight excluding hydrogens is 178 g/mol. The van der Waals surface area contributed by atoms with Crippen molar-refractivity contribution < 1.29 is 5.11 Å². The van der Waals surface area contributed by atoms with Gasteiger partial charge in [0.1, 0.15) is 6.23 Å². The Morgan fingerprint density at radius 2 is 2.29 bits per heavy atom. The first kappa shape index (κ1) is 12.9. The lowest BCUT2D eigenvalue weighted by Crippen LogP contribution is -2.29. The molecule has 4 heteroatoms. The fourth-order valence-corrected chi connectivity index (χ4v) is 1.18. The lowest BCUT2D eigenvalue weighted by atomic mass is 10.2. The van der Waals surface area contributed by atoms with Crippen LogP contribution in [0.3, 0.4) is 0 Å². The molecule has 0 saturated carbocycles. The first-order chi connectivity index (χ1) is 6.61. The van der Waals surface area contributed by atoms with Crippen molar-refractivity contribution in [1.29, 1.82) is 5.26 Å². The molecule has 0 unspecified atom stereocenters. The number of nitrogens with zero attached hydrogens (tertiary/aromatic N) is 2. The highest BCUT2D eigenvalue weighted by Crippen LogP contribution is 2.08. The number of aliphatic hydroxyl groups excluding tert-OH is 1. The Morgan fingerprint density at radius 3 is 2.71 bits per heavy atom. The van der Waals surface area contributed by atoms with Gasteiger partial charge in [0.2, 0.25) is 0 Å². The van der Waals surface area contributed by atoms with E-state index in [1.165, 1.54) is 5.70 Å². The average molecular weight is 197 g/mol. The summed E-state index contributed by atoms with van der Waals surface area (Å²) in [5.41, 5.74) is 1.18. The predicted molar refractivity (Wildman–Crippen MR) is 56.3 cm³/mol. The molecule has 0 amide bonds. The number of hydrogen-bond acceptors (Lipinski definition) is 4. The molecule has 0 aliphatic rings. The monoisotopic (exact) mass is 197 g/mol. The molecule has 0 fully saturated rings. The minimum absolute atomic E-state index is 0.189. The van der Waals surface area contributed by atoms with E-state index >= 15 is 0 Å². The van der Waals surface area contributed by atoms with Gasteiger partial charge in [-0.15, -0.1) is 0 Å². The van der Waals surface area contributed by atoms with E-state index in [9.17, 15) is 5.11 Å². The number of nitriles is 1. The molecule has 0 radical (unpaired) electrons. The van der Waals surface area contributed by atoms with Crippen LogP contribution >= 0.6 is 0 Å². The molecule has 0 aromatic heterocycles. The molecule has 0 rings (SSSR count). The molecule has 0 spiro atoms. The van der Waals surface area contributed by atoms with Crippen molar-refractivity contribution in [3.8, 4) is 6.07 Å². The van der Waals surface area contributed by atoms with Crippen LogP contribution in [0.1, 0.15) is 19.8 Å². The van der Waals surface area contributed by atoms with Crippen molar-refractivity contribution >= 4 is 0 Å². The van der Waals surface area contributed by atoms with Gasteiger partial charge in [0, 0.05) is 19.8 Å². The fourth-order valence-electron chi connectivity index (χ4n) is 1.18. The van der Waals surface area contributed by atoms with Crippen LogP contribution in [0.5, 0.6) is 0 Å². The summed E-state index contributed by atoms with van der Waals surface area (Å²) in [6.45, 7) is 2.17. The van der Waals surface area contributed by atoms with Crippen molar-refractivity contribution in [3.05, 3.63) is 11.8 Å². The van der Waals surface area contributed by atoms with E-state index < -0.39 is 6.23 Å². The Hall–Kier alpha value is -1.05. The van der Waals surface area contributed by atoms with E-state index in [2.05, 4.69) is 5.32 Å². The van der Waals surface area contributed by atoms with Gasteiger partial charge in [-0.05, 0) is 19.8 Å². The average Bonchev–Trinajstić information content (AvgIpc) is 2.15. The lowest BCUT2D eigenvalue weighted by Gasteiger charge is -2.18. The van der Waals surface area contributed by atoms with Gasteiger partial charge >= 0.3 is 0 Å². The van der Waals surface area contributed by atoms with Crippen LogP contribution < -0.4 is 5.32 Å². The third kappa shape index (κ3) is 5.57. The van der Waals surface area contributed by atoms with Crippen molar-refractivity contribution in [2.45, 2.75) is 26.0 Å². The molecule has 0 saturated heterocycles. The van der Waals surface area contributed by atoms with E-state index in [0.717, 1.165) is 6.42 Å². The lowest BCUT2D eigenvalue weighted by molar-refractivity contribution is 0.131. The van der Waals surface area contributed by atoms with Gasteiger partial charge in [-0.2, -0.15) is 5.26 Å². The van der Waals surface area contributed by atoms with Crippen LogP contribution in [0.25, 0.3) is 0 Å². The van der Waals surface area contributed by atoms with Gasteiger partial charge < -0.3 is 10.0 Å². The molecule has 0 aliphatic carbocycles. The van der Waals surface area contributed by atoms with Crippen molar-refractivity contribution in [2.75, 3.05) is 20.6 Å². The number of allylic oxidation sites excluding steroid dienone is 2. The molecule has 0 bridgehead atoms. The van der Waals surface area contributed by atoms with Crippen LogP contribution in [0.2, 0.25) is 0 Å². The highest BCUT2D eigenvalue weighted by molar-refractivity contribution is 4.97. The zero-order valence-electron chi connectivity index (χ0n) is 9.12. The van der Waals surface area contributed by atoms with E-state index in [-0.39, 0.29) is 6.54 Å². The summed E-state index contributed by atoms with van der Waals surface area (Å²) in [4.78, 5) is 2.02. The maximum absolute atomic E-state index is 9.40. The molecule has 0 aromatic carbocycles. The summed E-state index contributed by atoms with van der Waals surface area (Å²) in [5, 5.41) is 20.4. The first-order valence-corrected chi connectivity index (χ1v) is 4.72. The molecule has 2 N–H and O–H groups in total. The number of nitrogens with one attached hydrogen (secondary N) is 1. The second-order valence-corrected chi connectivity index (χ2v) is 3.27. The molecule has 0 aliphatic heterocycles. The number of hydrogen-bond donors (Lipinski definition) is 2. The van der Waals surface area contributed by atoms with E-state index in [4.69, 9.17) is 5.26 Å². The van der Waals surface area contributed by atoms with Crippen molar-refractivity contribution in [1.82, 2.24) is 10.2 Å². The van der Waals surface area contributed by atoms with Gasteiger partial charge in [-0.3, -0.25) is 5.32 Å². The van der Waals surface area contributed by atoms with Gasteiger partial charge in [0.05, 0.1) is 12.6 Å². The van der Waals surface area contributed by atoms with E-state index in [1.54, 1.807) is 0 Å². The second kappa shape index (κ2) is 7.36. The summed E-state index contributed by atoms with van der Waals surface area (Å²) in [6.07, 6.45) is 2.86. The smallest absolute Gasteiger partial charge is 0.106 e. The summed E-state index contributed by atoms with van der Waals surface area (Å²) in [6, 6.07) is 1.93. The Morgan fingerprint density at radius 1 is 1.64 bits per heavy atom. The largest absolute Gasteiger partial charge is 0.381 e. The predicted octanol–water partition coefficient (Wildman–Crippen LogP) is 0.664. The standard InChI is InChI=1S/C10H19N3O/c1-4-9(13(2)3)5-6-10(14)12-8-7-11/h4,10,12,14H,5-6,8H2,1-3H3/b9-4+/t10-/m0/s1. The van der Waals surface area contributed by atoms with Gasteiger partial charge in [0.25, 0.3) is 0 Å². The number of aliphatic hydroxyl groups is 1. The maximum atomic E-state index is 9.40. The van der Waals surface area contributed by atoms with Gasteiger partial charge in [0.15, 0.2) is 0 Å². The second-order valence-electron chi connectivity index (χ2n) is 3.27. The molecule has 80 valence electrons. The molecule has 0 aromatic rings. The summed E-state index contributed by atoms with van der Waals surface area (Å²) in [7, 11) is 3.95. The Balaban J connectivity index is 3.76. The Labute approximate surface area is 85.8 Å². The van der Waals surface area contributed by atoms with E-state index in [1.807, 2.05) is 38.1 Å². The first-order valence-electron chi connectivity index (χ1n) is 4.72. The summed E-state index contributed by atoms with van der Waals surface area (Å²) >= 11 is 0. The van der Waals surface area contributed by atoms with Crippen LogP contribution in [-0.2, 0) is 0 Å². The normalized spacial score (nSPS) is 13.5. The van der Waals surface area contributed by atoms with Crippen LogP contribution in [0, 0.1) is 11.3 Å². The Bertz CT molecular complexity index is 218. The van der Waals surface area contributed by atoms with E-state index in [0.29, 0.717) is 6.42 Å². The Kier molecular flexibility index (Phi) is 6.81. The van der Waals surface area contributed by atoms with Crippen LogP contribution in [0.4, 0.5) is 0 Å².